The summed E-state index contributed by atoms with van der Waals surface area (Å²) in [4.78, 5) is 0.146. The molecule has 0 unspecified atom stereocenters. The molecule has 0 aliphatic heterocycles. The highest BCUT2D eigenvalue weighted by Gasteiger charge is 2.38. The first kappa shape index (κ1) is 15.8. The average Bonchev–Trinajstić information content (AvgIpc) is 3.29. The van der Waals surface area contributed by atoms with Gasteiger partial charge in [0.1, 0.15) is 0 Å². The van der Waals surface area contributed by atoms with E-state index in [0.29, 0.717) is 16.6 Å². The minimum Gasteiger partial charge on any atom is -0.207 e. The van der Waals surface area contributed by atoms with Crippen molar-refractivity contribution in [2.45, 2.75) is 30.3 Å². The van der Waals surface area contributed by atoms with Crippen LogP contribution in [0.2, 0.25) is 10.0 Å². The second-order valence-electron chi connectivity index (χ2n) is 5.37. The molecule has 0 bridgehead atoms. The van der Waals surface area contributed by atoms with Gasteiger partial charge in [-0.15, -0.1) is 0 Å². The Labute approximate surface area is 140 Å². The third kappa shape index (κ3) is 3.46. The second-order valence-corrected chi connectivity index (χ2v) is 8.14. The SMILES string of the molecule is O=S(=O)(c1cc(Cl)cc(Cl)c1)N(Cc1ccccc1)C1CC1. The van der Waals surface area contributed by atoms with Crippen LogP contribution < -0.4 is 0 Å². The molecule has 0 heterocycles. The van der Waals surface area contributed by atoms with Crippen LogP contribution in [0, 0.1) is 0 Å². The molecule has 0 spiro atoms. The van der Waals surface area contributed by atoms with Crippen molar-refractivity contribution in [1.82, 2.24) is 4.31 Å². The number of sulfonamides is 1. The Balaban J connectivity index is 1.96. The van der Waals surface area contributed by atoms with E-state index in [1.807, 2.05) is 30.3 Å². The van der Waals surface area contributed by atoms with Crippen molar-refractivity contribution in [3.05, 3.63) is 64.1 Å². The van der Waals surface area contributed by atoms with Gasteiger partial charge in [0.15, 0.2) is 0 Å². The molecule has 3 nitrogen and oxygen atoms in total. The molecule has 116 valence electrons. The molecule has 1 aliphatic carbocycles. The van der Waals surface area contributed by atoms with Crippen LogP contribution in [0.4, 0.5) is 0 Å². The van der Waals surface area contributed by atoms with Gasteiger partial charge in [-0.3, -0.25) is 0 Å². The third-order valence-corrected chi connectivity index (χ3v) is 5.89. The van der Waals surface area contributed by atoms with Crippen LogP contribution in [0.25, 0.3) is 0 Å². The van der Waals surface area contributed by atoms with E-state index >= 15 is 0 Å². The molecule has 0 radical (unpaired) electrons. The fourth-order valence-electron chi connectivity index (χ4n) is 2.35. The standard InChI is InChI=1S/C16H15Cl2NO2S/c17-13-8-14(18)10-16(9-13)22(20,21)19(15-6-7-15)11-12-4-2-1-3-5-12/h1-5,8-10,15H,6-7,11H2. The van der Waals surface area contributed by atoms with Crippen LogP contribution >= 0.6 is 23.2 Å². The summed E-state index contributed by atoms with van der Waals surface area (Å²) in [7, 11) is -3.62. The van der Waals surface area contributed by atoms with Gasteiger partial charge in [-0.25, -0.2) is 8.42 Å². The Morgan fingerprint density at radius 2 is 1.59 bits per heavy atom. The molecule has 6 heteroatoms. The van der Waals surface area contributed by atoms with Gasteiger partial charge in [0.25, 0.3) is 0 Å². The van der Waals surface area contributed by atoms with Gasteiger partial charge in [0, 0.05) is 22.6 Å². The van der Waals surface area contributed by atoms with Crippen LogP contribution in [0.1, 0.15) is 18.4 Å². The van der Waals surface area contributed by atoms with E-state index < -0.39 is 10.0 Å². The minimum atomic E-state index is -3.62. The molecule has 0 N–H and O–H groups in total. The fraction of sp³-hybridized carbons (Fsp3) is 0.250. The van der Waals surface area contributed by atoms with E-state index in [1.54, 1.807) is 4.31 Å². The normalized spacial score (nSPS) is 15.2. The van der Waals surface area contributed by atoms with Crippen molar-refractivity contribution in [2.75, 3.05) is 0 Å². The molecule has 0 amide bonds. The van der Waals surface area contributed by atoms with Crippen molar-refractivity contribution in [1.29, 1.82) is 0 Å². The van der Waals surface area contributed by atoms with Crippen LogP contribution in [-0.2, 0) is 16.6 Å². The lowest BCUT2D eigenvalue weighted by Gasteiger charge is -2.22. The molecular weight excluding hydrogens is 341 g/mol. The van der Waals surface area contributed by atoms with Gasteiger partial charge in [-0.05, 0) is 36.6 Å². The third-order valence-electron chi connectivity index (χ3n) is 3.58. The van der Waals surface area contributed by atoms with Gasteiger partial charge in [0.05, 0.1) is 4.90 Å². The van der Waals surface area contributed by atoms with Gasteiger partial charge in [0.2, 0.25) is 10.0 Å². The lowest BCUT2D eigenvalue weighted by molar-refractivity contribution is 0.398. The predicted octanol–water partition coefficient (Wildman–Crippen LogP) is 4.35. The van der Waals surface area contributed by atoms with Crippen LogP contribution in [0.5, 0.6) is 0 Å². The summed E-state index contributed by atoms with van der Waals surface area (Å²) in [5, 5.41) is 0.642. The fourth-order valence-corrected chi connectivity index (χ4v) is 4.75. The molecule has 0 saturated heterocycles. The first-order chi connectivity index (χ1) is 10.5. The molecule has 1 saturated carbocycles. The van der Waals surface area contributed by atoms with Crippen molar-refractivity contribution in [3.63, 3.8) is 0 Å². The summed E-state index contributed by atoms with van der Waals surface area (Å²) in [5.41, 5.74) is 0.964. The summed E-state index contributed by atoms with van der Waals surface area (Å²) in [6.07, 6.45) is 1.78. The maximum absolute atomic E-state index is 12.9. The van der Waals surface area contributed by atoms with Gasteiger partial charge >= 0.3 is 0 Å². The minimum absolute atomic E-state index is 0.0583. The molecule has 0 atom stereocenters. The first-order valence-corrected chi connectivity index (χ1v) is 9.18. The van der Waals surface area contributed by atoms with Crippen LogP contribution in [-0.4, -0.2) is 18.8 Å². The number of hydrogen-bond donors (Lipinski definition) is 0. The maximum atomic E-state index is 12.9. The number of rotatable bonds is 5. The van der Waals surface area contributed by atoms with E-state index in [1.165, 1.54) is 18.2 Å². The highest BCUT2D eigenvalue weighted by atomic mass is 35.5. The van der Waals surface area contributed by atoms with Crippen molar-refractivity contribution in [3.8, 4) is 0 Å². The van der Waals surface area contributed by atoms with Gasteiger partial charge in [-0.2, -0.15) is 4.31 Å². The molecule has 1 aliphatic rings. The molecule has 1 fully saturated rings. The van der Waals surface area contributed by atoms with Gasteiger partial charge < -0.3 is 0 Å². The summed E-state index contributed by atoms with van der Waals surface area (Å²) in [6.45, 7) is 0.359. The van der Waals surface area contributed by atoms with E-state index in [-0.39, 0.29) is 10.9 Å². The van der Waals surface area contributed by atoms with E-state index in [0.717, 1.165) is 18.4 Å². The number of nitrogens with zero attached hydrogens (tertiary/aromatic N) is 1. The number of benzene rings is 2. The maximum Gasteiger partial charge on any atom is 0.243 e. The first-order valence-electron chi connectivity index (χ1n) is 6.99. The van der Waals surface area contributed by atoms with Crippen molar-refractivity contribution < 1.29 is 8.42 Å². The van der Waals surface area contributed by atoms with Crippen molar-refractivity contribution in [2.24, 2.45) is 0 Å². The second kappa shape index (κ2) is 6.20. The topological polar surface area (TPSA) is 37.4 Å². The molecule has 22 heavy (non-hydrogen) atoms. The van der Waals surface area contributed by atoms with Crippen molar-refractivity contribution >= 4 is 33.2 Å². The summed E-state index contributed by atoms with van der Waals surface area (Å²) >= 11 is 11.9. The quantitative estimate of drug-likeness (QED) is 0.799. The Hall–Kier alpha value is -1.07. The van der Waals surface area contributed by atoms with Crippen LogP contribution in [0.3, 0.4) is 0 Å². The highest BCUT2D eigenvalue weighted by Crippen LogP contribution is 2.34. The van der Waals surface area contributed by atoms with Gasteiger partial charge in [-0.1, -0.05) is 53.5 Å². The Bertz CT molecular complexity index is 754. The summed E-state index contributed by atoms with van der Waals surface area (Å²) in [6, 6.07) is 14.1. The average molecular weight is 356 g/mol. The molecule has 3 rings (SSSR count). The number of halogens is 2. The molecule has 2 aromatic rings. The molecular formula is C16H15Cl2NO2S. The largest absolute Gasteiger partial charge is 0.243 e. The Kier molecular flexibility index (Phi) is 4.46. The summed E-state index contributed by atoms with van der Waals surface area (Å²) in [5.74, 6) is 0. The number of hydrogen-bond acceptors (Lipinski definition) is 2. The highest BCUT2D eigenvalue weighted by molar-refractivity contribution is 7.89. The molecule has 0 aromatic heterocycles. The lowest BCUT2D eigenvalue weighted by Crippen LogP contribution is -2.32. The molecule has 2 aromatic carbocycles. The zero-order valence-corrected chi connectivity index (χ0v) is 14.1. The summed E-state index contributed by atoms with van der Waals surface area (Å²) < 4.78 is 27.4. The Morgan fingerprint density at radius 3 is 2.14 bits per heavy atom. The monoisotopic (exact) mass is 355 g/mol. The zero-order chi connectivity index (χ0) is 15.7. The zero-order valence-electron chi connectivity index (χ0n) is 11.7. The smallest absolute Gasteiger partial charge is 0.207 e. The Morgan fingerprint density at radius 1 is 1.00 bits per heavy atom. The van der Waals surface area contributed by atoms with Crippen LogP contribution in [0.15, 0.2) is 53.4 Å². The predicted molar refractivity (Wildman–Crippen MR) is 88.7 cm³/mol. The van der Waals surface area contributed by atoms with E-state index in [9.17, 15) is 8.42 Å². The van der Waals surface area contributed by atoms with E-state index in [2.05, 4.69) is 0 Å². The lowest BCUT2D eigenvalue weighted by atomic mass is 10.2. The van der Waals surface area contributed by atoms with E-state index in [4.69, 9.17) is 23.2 Å².